The van der Waals surface area contributed by atoms with Gasteiger partial charge in [-0.1, -0.05) is 17.4 Å². The normalized spacial score (nSPS) is 14.1. The summed E-state index contributed by atoms with van der Waals surface area (Å²) in [5, 5.41) is 8.52. The molecular weight excluding hydrogens is 388 g/mol. The number of rotatable bonds is 7. The van der Waals surface area contributed by atoms with E-state index in [0.717, 1.165) is 11.1 Å². The van der Waals surface area contributed by atoms with Crippen molar-refractivity contribution in [3.8, 4) is 0 Å². The average Bonchev–Trinajstić information content (AvgIpc) is 3.04. The van der Waals surface area contributed by atoms with Gasteiger partial charge < -0.3 is 9.64 Å². The molecule has 2 heterocycles. The van der Waals surface area contributed by atoms with Gasteiger partial charge in [-0.3, -0.25) is 9.52 Å². The number of amides is 1. The molecule has 0 radical (unpaired) electrons. The van der Waals surface area contributed by atoms with Crippen LogP contribution < -0.4 is 4.72 Å². The Kier molecular flexibility index (Phi) is 6.08. The van der Waals surface area contributed by atoms with Crippen LogP contribution in [0.5, 0.6) is 0 Å². The highest BCUT2D eigenvalue weighted by molar-refractivity contribution is 7.93. The topological polar surface area (TPSA) is 101 Å². The van der Waals surface area contributed by atoms with Crippen molar-refractivity contribution in [2.24, 2.45) is 0 Å². The van der Waals surface area contributed by atoms with E-state index in [0.29, 0.717) is 44.2 Å². The molecule has 10 heteroatoms. The molecule has 3 rings (SSSR count). The minimum Gasteiger partial charge on any atom is -0.381 e. The second-order valence-electron chi connectivity index (χ2n) is 6.17. The molecule has 1 aromatic heterocycles. The van der Waals surface area contributed by atoms with Crippen molar-refractivity contribution in [2.45, 2.75) is 38.1 Å². The second-order valence-corrected chi connectivity index (χ2v) is 9.04. The molecule has 0 aliphatic carbocycles. The lowest BCUT2D eigenvalue weighted by Crippen LogP contribution is -2.36. The van der Waals surface area contributed by atoms with Gasteiger partial charge in [-0.15, -0.1) is 10.2 Å². The number of benzene rings is 1. The molecule has 146 valence electrons. The Balaban J connectivity index is 1.74. The van der Waals surface area contributed by atoms with Crippen molar-refractivity contribution in [3.63, 3.8) is 0 Å². The lowest BCUT2D eigenvalue weighted by Gasteiger charge is -2.29. The zero-order valence-corrected chi connectivity index (χ0v) is 16.9. The molecular formula is C17H22N4O4S2. The smallest absolute Gasteiger partial charge is 0.263 e. The summed E-state index contributed by atoms with van der Waals surface area (Å²) in [6.07, 6.45) is 1.04. The fraction of sp³-hybridized carbons (Fsp3) is 0.471. The predicted octanol–water partition coefficient (Wildman–Crippen LogP) is 1.96. The van der Waals surface area contributed by atoms with Gasteiger partial charge in [-0.05, 0) is 43.5 Å². The fourth-order valence-electron chi connectivity index (χ4n) is 2.89. The number of ether oxygens (including phenoxy) is 1. The van der Waals surface area contributed by atoms with E-state index in [4.69, 9.17) is 4.74 Å². The first-order valence-corrected chi connectivity index (χ1v) is 11.0. The van der Waals surface area contributed by atoms with Crippen LogP contribution >= 0.6 is 11.3 Å². The van der Waals surface area contributed by atoms with Gasteiger partial charge in [0.25, 0.3) is 10.0 Å². The Bertz CT molecular complexity index is 927. The molecule has 2 aromatic rings. The summed E-state index contributed by atoms with van der Waals surface area (Å²) in [5.74, 6) is 0.0184. The number of carbonyl (C=O) groups excluding carboxylic acids is 1. The highest BCUT2D eigenvalue weighted by atomic mass is 32.2. The molecule has 27 heavy (non-hydrogen) atoms. The van der Waals surface area contributed by atoms with E-state index in [1.54, 1.807) is 24.0 Å². The summed E-state index contributed by atoms with van der Waals surface area (Å²) >= 11 is 1.17. The van der Waals surface area contributed by atoms with Crippen molar-refractivity contribution in [1.29, 1.82) is 0 Å². The quantitative estimate of drug-likeness (QED) is 0.700. The monoisotopic (exact) mass is 410 g/mol. The molecule has 0 fully saturated rings. The van der Waals surface area contributed by atoms with Crippen molar-refractivity contribution >= 4 is 32.4 Å². The Morgan fingerprint density at radius 2 is 2.15 bits per heavy atom. The maximum atomic E-state index is 12.6. The second kappa shape index (κ2) is 8.32. The van der Waals surface area contributed by atoms with Crippen LogP contribution in [0.3, 0.4) is 0 Å². The maximum Gasteiger partial charge on any atom is 0.263 e. The molecule has 1 aliphatic rings. The van der Waals surface area contributed by atoms with Crippen LogP contribution in [0.1, 0.15) is 29.5 Å². The van der Waals surface area contributed by atoms with Crippen LogP contribution in [-0.4, -0.2) is 49.2 Å². The van der Waals surface area contributed by atoms with Gasteiger partial charge in [-0.2, -0.15) is 0 Å². The Labute approximate surface area is 162 Å². The maximum absolute atomic E-state index is 12.6. The SMILES string of the molecule is CCOCCC(=O)N1CCc2ccc(S(=O)(=O)Nc3nnc(C)s3)cc2C1. The summed E-state index contributed by atoms with van der Waals surface area (Å²) < 4.78 is 32.9. The van der Waals surface area contributed by atoms with Gasteiger partial charge in [0.1, 0.15) is 5.01 Å². The predicted molar refractivity (Wildman–Crippen MR) is 102 cm³/mol. The molecule has 1 amide bonds. The number of nitrogens with one attached hydrogen (secondary N) is 1. The minimum absolute atomic E-state index is 0.0184. The van der Waals surface area contributed by atoms with E-state index in [1.807, 2.05) is 13.0 Å². The Hall–Kier alpha value is -2.04. The number of anilines is 1. The van der Waals surface area contributed by atoms with Gasteiger partial charge in [-0.25, -0.2) is 8.42 Å². The van der Waals surface area contributed by atoms with Crippen LogP contribution in [0.25, 0.3) is 0 Å². The number of carbonyl (C=O) groups is 1. The number of hydrogen-bond acceptors (Lipinski definition) is 7. The molecule has 1 aliphatic heterocycles. The number of fused-ring (bicyclic) bond motifs is 1. The fourth-order valence-corrected chi connectivity index (χ4v) is 4.76. The standard InChI is InChI=1S/C17H22N4O4S2/c1-3-25-9-7-16(22)21-8-6-13-4-5-15(10-14(13)11-21)27(23,24)20-17-19-18-12(2)26-17/h4-5,10H,3,6-9,11H2,1-2H3,(H,19,20). The van der Waals surface area contributed by atoms with Crippen molar-refractivity contribution in [1.82, 2.24) is 15.1 Å². The van der Waals surface area contributed by atoms with Crippen LogP contribution in [-0.2, 0) is 32.5 Å². The third kappa shape index (κ3) is 4.82. The lowest BCUT2D eigenvalue weighted by molar-refractivity contribution is -0.133. The van der Waals surface area contributed by atoms with Crippen LogP contribution in [0, 0.1) is 6.92 Å². The van der Waals surface area contributed by atoms with Gasteiger partial charge >= 0.3 is 0 Å². The number of aryl methyl sites for hydroxylation is 1. The number of hydrogen-bond donors (Lipinski definition) is 1. The summed E-state index contributed by atoms with van der Waals surface area (Å²) in [7, 11) is -3.75. The van der Waals surface area contributed by atoms with Gasteiger partial charge in [0.15, 0.2) is 0 Å². The number of sulfonamides is 1. The largest absolute Gasteiger partial charge is 0.381 e. The third-order valence-corrected chi connectivity index (χ3v) is 6.49. The molecule has 8 nitrogen and oxygen atoms in total. The summed E-state index contributed by atoms with van der Waals surface area (Å²) in [4.78, 5) is 14.2. The van der Waals surface area contributed by atoms with E-state index in [9.17, 15) is 13.2 Å². The molecule has 0 atom stereocenters. The van der Waals surface area contributed by atoms with E-state index in [-0.39, 0.29) is 15.9 Å². The summed E-state index contributed by atoms with van der Waals surface area (Å²) in [6.45, 7) is 5.66. The summed E-state index contributed by atoms with van der Waals surface area (Å²) in [6, 6.07) is 5.03. The van der Waals surface area contributed by atoms with E-state index in [1.165, 1.54) is 11.3 Å². The molecule has 1 aromatic carbocycles. The molecule has 1 N–H and O–H groups in total. The molecule has 0 saturated carbocycles. The van der Waals surface area contributed by atoms with Crippen LogP contribution in [0.4, 0.5) is 5.13 Å². The van der Waals surface area contributed by atoms with Crippen LogP contribution in [0.15, 0.2) is 23.1 Å². The van der Waals surface area contributed by atoms with Gasteiger partial charge in [0.2, 0.25) is 11.0 Å². The number of aromatic nitrogens is 2. The lowest BCUT2D eigenvalue weighted by atomic mass is 10.00. The van der Waals surface area contributed by atoms with Crippen molar-refractivity contribution in [2.75, 3.05) is 24.5 Å². The van der Waals surface area contributed by atoms with Gasteiger partial charge in [0, 0.05) is 19.7 Å². The van der Waals surface area contributed by atoms with E-state index < -0.39 is 10.0 Å². The molecule has 0 spiro atoms. The van der Waals surface area contributed by atoms with Crippen molar-refractivity contribution < 1.29 is 17.9 Å². The van der Waals surface area contributed by atoms with E-state index >= 15 is 0 Å². The van der Waals surface area contributed by atoms with Crippen molar-refractivity contribution in [3.05, 3.63) is 34.3 Å². The average molecular weight is 411 g/mol. The first-order valence-electron chi connectivity index (χ1n) is 8.69. The Morgan fingerprint density at radius 1 is 1.33 bits per heavy atom. The van der Waals surface area contributed by atoms with E-state index in [2.05, 4.69) is 14.9 Å². The minimum atomic E-state index is -3.75. The van der Waals surface area contributed by atoms with Gasteiger partial charge in [0.05, 0.1) is 17.9 Å². The molecule has 0 unspecified atom stereocenters. The zero-order chi connectivity index (χ0) is 19.4. The van der Waals surface area contributed by atoms with Crippen LogP contribution in [0.2, 0.25) is 0 Å². The molecule has 0 bridgehead atoms. The first kappa shape index (κ1) is 19.7. The highest BCUT2D eigenvalue weighted by Crippen LogP contribution is 2.25. The Morgan fingerprint density at radius 3 is 2.85 bits per heavy atom. The third-order valence-electron chi connectivity index (χ3n) is 4.27. The highest BCUT2D eigenvalue weighted by Gasteiger charge is 2.23. The first-order chi connectivity index (χ1) is 12.9. The molecule has 0 saturated heterocycles. The number of nitrogens with zero attached hydrogens (tertiary/aromatic N) is 3. The zero-order valence-electron chi connectivity index (χ0n) is 15.3. The summed E-state index contributed by atoms with van der Waals surface area (Å²) in [5.41, 5.74) is 1.91.